The lowest BCUT2D eigenvalue weighted by Crippen LogP contribution is -2.46. The first kappa shape index (κ1) is 15.3. The van der Waals surface area contributed by atoms with Gasteiger partial charge in [0.1, 0.15) is 17.2 Å². The van der Waals surface area contributed by atoms with Gasteiger partial charge in [0.15, 0.2) is 0 Å². The van der Waals surface area contributed by atoms with Gasteiger partial charge in [0, 0.05) is 12.6 Å². The second-order valence-electron chi connectivity index (χ2n) is 6.34. The molecule has 0 fully saturated rings. The predicted octanol–water partition coefficient (Wildman–Crippen LogP) is 3.70. The molecule has 2 aromatic rings. The monoisotopic (exact) mass is 315 g/mol. The third kappa shape index (κ3) is 3.28. The van der Waals surface area contributed by atoms with Gasteiger partial charge in [-0.2, -0.15) is 0 Å². The Balaban J connectivity index is 1.95. The minimum absolute atomic E-state index is 0.245. The van der Waals surface area contributed by atoms with Gasteiger partial charge in [0.25, 0.3) is 0 Å². The van der Waals surface area contributed by atoms with Gasteiger partial charge in [-0.15, -0.1) is 0 Å². The largest absolute Gasteiger partial charge is 0.484 e. The Bertz CT molecular complexity index is 758. The summed E-state index contributed by atoms with van der Waals surface area (Å²) in [6.45, 7) is 5.02. The van der Waals surface area contributed by atoms with Crippen LogP contribution in [0.3, 0.4) is 0 Å². The zero-order valence-electron chi connectivity index (χ0n) is 13.0. The molecule has 5 heteroatoms. The molecule has 1 aliphatic heterocycles. The first-order chi connectivity index (χ1) is 10.8. The van der Waals surface area contributed by atoms with E-state index >= 15 is 0 Å². The molecule has 0 saturated carbocycles. The quantitative estimate of drug-likeness (QED) is 0.938. The van der Waals surface area contributed by atoms with Crippen molar-refractivity contribution in [1.82, 2.24) is 0 Å². The lowest BCUT2D eigenvalue weighted by molar-refractivity contribution is 0.0696. The van der Waals surface area contributed by atoms with Crippen molar-refractivity contribution in [2.75, 3.05) is 11.4 Å². The zero-order chi connectivity index (χ0) is 16.6. The fourth-order valence-corrected chi connectivity index (χ4v) is 2.86. The molecule has 0 saturated heterocycles. The lowest BCUT2D eigenvalue weighted by Gasteiger charge is -2.41. The Morgan fingerprint density at radius 2 is 2.09 bits per heavy atom. The number of carbonyl (C=O) groups is 1. The average Bonchev–Trinajstić information content (AvgIpc) is 2.47. The van der Waals surface area contributed by atoms with Crippen LogP contribution in [0.5, 0.6) is 5.75 Å². The van der Waals surface area contributed by atoms with E-state index in [4.69, 9.17) is 9.84 Å². The summed E-state index contributed by atoms with van der Waals surface area (Å²) in [6.07, 6.45) is 0. The molecule has 120 valence electrons. The maximum atomic E-state index is 13.6. The molecule has 0 aliphatic carbocycles. The Morgan fingerprint density at radius 1 is 1.30 bits per heavy atom. The topological polar surface area (TPSA) is 49.8 Å². The Labute approximate surface area is 134 Å². The molecule has 4 nitrogen and oxygen atoms in total. The molecule has 1 heterocycles. The number of benzene rings is 2. The summed E-state index contributed by atoms with van der Waals surface area (Å²) in [5, 5.41) is 9.11. The van der Waals surface area contributed by atoms with Crippen LogP contribution in [-0.2, 0) is 6.54 Å². The maximum Gasteiger partial charge on any atom is 0.335 e. The van der Waals surface area contributed by atoms with E-state index in [-0.39, 0.29) is 11.4 Å². The summed E-state index contributed by atoms with van der Waals surface area (Å²) in [5.74, 6) is -0.644. The second-order valence-corrected chi connectivity index (χ2v) is 6.34. The van der Waals surface area contributed by atoms with Gasteiger partial charge in [-0.25, -0.2) is 9.18 Å². The number of nitrogens with zero attached hydrogens (tertiary/aromatic N) is 1. The van der Waals surface area contributed by atoms with Gasteiger partial charge < -0.3 is 14.7 Å². The van der Waals surface area contributed by atoms with Crippen LogP contribution in [0, 0.1) is 5.82 Å². The van der Waals surface area contributed by atoms with Gasteiger partial charge in [-0.05, 0) is 43.7 Å². The van der Waals surface area contributed by atoms with E-state index in [1.807, 2.05) is 24.8 Å². The van der Waals surface area contributed by atoms with Crippen LogP contribution < -0.4 is 9.64 Å². The minimum atomic E-state index is -0.958. The molecule has 0 radical (unpaired) electrons. The van der Waals surface area contributed by atoms with Gasteiger partial charge >= 0.3 is 5.97 Å². The van der Waals surface area contributed by atoms with Crippen LogP contribution in [0.25, 0.3) is 0 Å². The van der Waals surface area contributed by atoms with E-state index in [0.29, 0.717) is 24.5 Å². The molecule has 3 rings (SSSR count). The molecule has 0 atom stereocenters. The SMILES string of the molecule is CC1(C)CN(Cc2cccc(C(=O)O)c2)c2cc(F)ccc2O1. The molecule has 23 heavy (non-hydrogen) atoms. The van der Waals surface area contributed by atoms with Crippen molar-refractivity contribution in [1.29, 1.82) is 0 Å². The molecule has 0 unspecified atom stereocenters. The third-order valence-corrected chi connectivity index (χ3v) is 3.77. The Morgan fingerprint density at radius 3 is 2.83 bits per heavy atom. The number of anilines is 1. The van der Waals surface area contributed by atoms with E-state index < -0.39 is 11.6 Å². The lowest BCUT2D eigenvalue weighted by atomic mass is 10.0. The molecule has 1 N–H and O–H groups in total. The van der Waals surface area contributed by atoms with Crippen LogP contribution >= 0.6 is 0 Å². The second kappa shape index (κ2) is 5.57. The summed E-state index contributed by atoms with van der Waals surface area (Å²) in [6, 6.07) is 11.2. The number of fused-ring (bicyclic) bond motifs is 1. The normalized spacial score (nSPS) is 15.7. The first-order valence-corrected chi connectivity index (χ1v) is 7.40. The van der Waals surface area contributed by atoms with E-state index in [9.17, 15) is 9.18 Å². The number of aromatic carboxylic acids is 1. The van der Waals surface area contributed by atoms with Crippen LogP contribution in [0.2, 0.25) is 0 Å². The standard InChI is InChI=1S/C18H18FNO3/c1-18(2)11-20(15-9-14(19)6-7-16(15)23-18)10-12-4-3-5-13(8-12)17(21)22/h3-9H,10-11H2,1-2H3,(H,21,22). The highest BCUT2D eigenvalue weighted by molar-refractivity contribution is 5.87. The average molecular weight is 315 g/mol. The fourth-order valence-electron chi connectivity index (χ4n) is 2.86. The zero-order valence-corrected chi connectivity index (χ0v) is 13.0. The van der Waals surface area contributed by atoms with Crippen LogP contribution in [0.15, 0.2) is 42.5 Å². The Hall–Kier alpha value is -2.56. The molecular formula is C18H18FNO3. The van der Waals surface area contributed by atoms with Gasteiger partial charge in [-0.1, -0.05) is 12.1 Å². The summed E-state index contributed by atoms with van der Waals surface area (Å²) in [4.78, 5) is 13.1. The van der Waals surface area contributed by atoms with Crippen molar-refractivity contribution in [2.45, 2.75) is 26.0 Å². The van der Waals surface area contributed by atoms with Gasteiger partial charge in [0.2, 0.25) is 0 Å². The highest BCUT2D eigenvalue weighted by Crippen LogP contribution is 2.38. The number of halogens is 1. The molecule has 1 aliphatic rings. The van der Waals surface area contributed by atoms with Crippen molar-refractivity contribution >= 4 is 11.7 Å². The number of carboxylic acids is 1. The number of hydrogen-bond acceptors (Lipinski definition) is 3. The highest BCUT2D eigenvalue weighted by Gasteiger charge is 2.32. The predicted molar refractivity (Wildman–Crippen MR) is 85.6 cm³/mol. The van der Waals surface area contributed by atoms with E-state index in [2.05, 4.69) is 0 Å². The smallest absolute Gasteiger partial charge is 0.335 e. The highest BCUT2D eigenvalue weighted by atomic mass is 19.1. The van der Waals surface area contributed by atoms with E-state index in [1.54, 1.807) is 24.3 Å². The van der Waals surface area contributed by atoms with Crippen molar-refractivity contribution in [3.05, 3.63) is 59.4 Å². The number of rotatable bonds is 3. The summed E-state index contributed by atoms with van der Waals surface area (Å²) in [5.41, 5.74) is 1.38. The van der Waals surface area contributed by atoms with Crippen LogP contribution in [0.4, 0.5) is 10.1 Å². The Kier molecular flexibility index (Phi) is 3.72. The van der Waals surface area contributed by atoms with Gasteiger partial charge in [0.05, 0.1) is 17.8 Å². The number of hydrogen-bond donors (Lipinski definition) is 1. The molecule has 0 bridgehead atoms. The molecular weight excluding hydrogens is 297 g/mol. The van der Waals surface area contributed by atoms with Crippen molar-refractivity contribution in [3.63, 3.8) is 0 Å². The summed E-state index contributed by atoms with van der Waals surface area (Å²) < 4.78 is 19.5. The molecule has 0 aromatic heterocycles. The maximum absolute atomic E-state index is 13.6. The summed E-state index contributed by atoms with van der Waals surface area (Å²) >= 11 is 0. The first-order valence-electron chi connectivity index (χ1n) is 7.40. The van der Waals surface area contributed by atoms with Crippen LogP contribution in [0.1, 0.15) is 29.8 Å². The summed E-state index contributed by atoms with van der Waals surface area (Å²) in [7, 11) is 0. The van der Waals surface area contributed by atoms with E-state index in [0.717, 1.165) is 5.56 Å². The number of ether oxygens (including phenoxy) is 1. The molecule has 0 spiro atoms. The fraction of sp³-hybridized carbons (Fsp3) is 0.278. The third-order valence-electron chi connectivity index (χ3n) is 3.77. The van der Waals surface area contributed by atoms with E-state index in [1.165, 1.54) is 12.1 Å². The molecule has 0 amide bonds. The van der Waals surface area contributed by atoms with Crippen molar-refractivity contribution in [3.8, 4) is 5.75 Å². The van der Waals surface area contributed by atoms with Crippen molar-refractivity contribution in [2.24, 2.45) is 0 Å². The van der Waals surface area contributed by atoms with Crippen molar-refractivity contribution < 1.29 is 19.0 Å². The number of carboxylic acid groups (broad SMARTS) is 1. The van der Waals surface area contributed by atoms with Gasteiger partial charge in [-0.3, -0.25) is 0 Å². The minimum Gasteiger partial charge on any atom is -0.484 e. The van der Waals surface area contributed by atoms with Crippen LogP contribution in [-0.4, -0.2) is 23.2 Å². The molecule has 2 aromatic carbocycles.